The molecule has 1 amide bonds. The molecule has 2 aromatic heterocycles. The minimum absolute atomic E-state index is 0.316. The van der Waals surface area contributed by atoms with Crippen LogP contribution in [0.1, 0.15) is 26.3 Å². The van der Waals surface area contributed by atoms with E-state index in [0.717, 1.165) is 0 Å². The third-order valence-electron chi connectivity index (χ3n) is 4.05. The predicted molar refractivity (Wildman–Crippen MR) is 100.0 cm³/mol. The average Bonchev–Trinajstić information content (AvgIpc) is 2.67. The van der Waals surface area contributed by atoms with Gasteiger partial charge in [0.1, 0.15) is 23.2 Å². The summed E-state index contributed by atoms with van der Waals surface area (Å²) >= 11 is 0. The lowest BCUT2D eigenvalue weighted by molar-refractivity contribution is 0.0240. The summed E-state index contributed by atoms with van der Waals surface area (Å²) in [6.45, 7) is 7.72. The molecular formula is C19H22N6O2. The maximum absolute atomic E-state index is 12.2. The topological polar surface area (TPSA) is 95.2 Å². The van der Waals surface area contributed by atoms with Gasteiger partial charge in [-0.25, -0.2) is 9.78 Å². The van der Waals surface area contributed by atoms with Gasteiger partial charge in [-0.1, -0.05) is 0 Å². The van der Waals surface area contributed by atoms with Crippen LogP contribution in [0.4, 0.5) is 10.6 Å². The Kier molecular flexibility index (Phi) is 5.21. The van der Waals surface area contributed by atoms with Crippen LogP contribution in [0.25, 0.3) is 11.4 Å². The number of hydrogen-bond acceptors (Lipinski definition) is 7. The number of amides is 1. The van der Waals surface area contributed by atoms with Gasteiger partial charge in [0.2, 0.25) is 0 Å². The predicted octanol–water partition coefficient (Wildman–Crippen LogP) is 2.47. The van der Waals surface area contributed by atoms with E-state index in [-0.39, 0.29) is 6.09 Å². The molecular weight excluding hydrogens is 344 g/mol. The van der Waals surface area contributed by atoms with Crippen molar-refractivity contribution in [3.63, 3.8) is 0 Å². The fourth-order valence-electron chi connectivity index (χ4n) is 2.78. The summed E-state index contributed by atoms with van der Waals surface area (Å²) in [5, 5.41) is 9.45. The zero-order valence-corrected chi connectivity index (χ0v) is 15.7. The zero-order valence-electron chi connectivity index (χ0n) is 15.7. The zero-order chi connectivity index (χ0) is 19.4. The van der Waals surface area contributed by atoms with Crippen LogP contribution in [0.5, 0.6) is 0 Å². The smallest absolute Gasteiger partial charge is 0.410 e. The molecule has 140 valence electrons. The molecule has 8 nitrogen and oxygen atoms in total. The van der Waals surface area contributed by atoms with E-state index in [0.29, 0.717) is 48.9 Å². The maximum Gasteiger partial charge on any atom is 0.410 e. The van der Waals surface area contributed by atoms with E-state index in [1.165, 1.54) is 0 Å². The molecule has 0 aliphatic carbocycles. The number of ether oxygens (including phenoxy) is 1. The van der Waals surface area contributed by atoms with Crippen molar-refractivity contribution >= 4 is 11.9 Å². The number of rotatable bonds is 2. The highest BCUT2D eigenvalue weighted by Crippen LogP contribution is 2.24. The Morgan fingerprint density at radius 2 is 1.89 bits per heavy atom. The van der Waals surface area contributed by atoms with E-state index in [9.17, 15) is 10.1 Å². The van der Waals surface area contributed by atoms with E-state index in [1.807, 2.05) is 25.7 Å². The summed E-state index contributed by atoms with van der Waals surface area (Å²) in [5.74, 6) is 0.601. The van der Waals surface area contributed by atoms with Crippen LogP contribution < -0.4 is 4.90 Å². The second-order valence-electron chi connectivity index (χ2n) is 7.22. The highest BCUT2D eigenvalue weighted by atomic mass is 16.6. The Bertz CT molecular complexity index is 849. The first-order valence-electron chi connectivity index (χ1n) is 8.78. The monoisotopic (exact) mass is 366 g/mol. The van der Waals surface area contributed by atoms with Crippen molar-refractivity contribution in [3.05, 3.63) is 36.3 Å². The molecule has 1 fully saturated rings. The van der Waals surface area contributed by atoms with Gasteiger partial charge < -0.3 is 14.5 Å². The SMILES string of the molecule is CC(C)(C)OC(=O)N1CCN(c2nc(-c3cnccn3)ccc2C#N)CC1. The van der Waals surface area contributed by atoms with E-state index in [1.54, 1.807) is 35.6 Å². The molecule has 0 saturated carbocycles. The molecule has 0 atom stereocenters. The van der Waals surface area contributed by atoms with Crippen LogP contribution >= 0.6 is 0 Å². The number of carbonyl (C=O) groups is 1. The van der Waals surface area contributed by atoms with Crippen molar-refractivity contribution in [3.8, 4) is 17.5 Å². The van der Waals surface area contributed by atoms with Crippen LogP contribution in [0.3, 0.4) is 0 Å². The molecule has 1 aliphatic heterocycles. The van der Waals surface area contributed by atoms with Gasteiger partial charge in [-0.2, -0.15) is 5.26 Å². The van der Waals surface area contributed by atoms with Gasteiger partial charge >= 0.3 is 6.09 Å². The molecule has 0 aromatic carbocycles. The maximum atomic E-state index is 12.2. The second-order valence-corrected chi connectivity index (χ2v) is 7.22. The van der Waals surface area contributed by atoms with Crippen molar-refractivity contribution in [2.24, 2.45) is 0 Å². The Morgan fingerprint density at radius 3 is 2.48 bits per heavy atom. The molecule has 0 N–H and O–H groups in total. The lowest BCUT2D eigenvalue weighted by atomic mass is 10.2. The van der Waals surface area contributed by atoms with Crippen molar-refractivity contribution < 1.29 is 9.53 Å². The fraction of sp³-hybridized carbons (Fsp3) is 0.421. The first-order chi connectivity index (χ1) is 12.9. The Labute approximate surface area is 158 Å². The summed E-state index contributed by atoms with van der Waals surface area (Å²) in [6, 6.07) is 5.70. The minimum atomic E-state index is -0.519. The van der Waals surface area contributed by atoms with E-state index in [4.69, 9.17) is 4.74 Å². The van der Waals surface area contributed by atoms with Crippen LogP contribution in [-0.2, 0) is 4.74 Å². The summed E-state index contributed by atoms with van der Waals surface area (Å²) in [6.07, 6.45) is 4.53. The van der Waals surface area contributed by atoms with Crippen LogP contribution in [-0.4, -0.2) is 57.7 Å². The van der Waals surface area contributed by atoms with Crippen molar-refractivity contribution in [1.29, 1.82) is 5.26 Å². The highest BCUT2D eigenvalue weighted by molar-refractivity contribution is 5.69. The quantitative estimate of drug-likeness (QED) is 0.805. The summed E-state index contributed by atoms with van der Waals surface area (Å²) in [5.41, 5.74) is 1.28. The number of nitriles is 1. The first-order valence-corrected chi connectivity index (χ1v) is 8.78. The van der Waals surface area contributed by atoms with E-state index in [2.05, 4.69) is 21.0 Å². The van der Waals surface area contributed by atoms with Gasteiger partial charge in [0.05, 0.1) is 17.5 Å². The van der Waals surface area contributed by atoms with Gasteiger partial charge in [0, 0.05) is 38.6 Å². The molecule has 0 bridgehead atoms. The minimum Gasteiger partial charge on any atom is -0.444 e. The fourth-order valence-corrected chi connectivity index (χ4v) is 2.78. The lowest BCUT2D eigenvalue weighted by Crippen LogP contribution is -2.50. The lowest BCUT2D eigenvalue weighted by Gasteiger charge is -2.36. The molecule has 2 aromatic rings. The molecule has 1 saturated heterocycles. The van der Waals surface area contributed by atoms with Crippen LogP contribution in [0, 0.1) is 11.3 Å². The molecule has 0 unspecified atom stereocenters. The third kappa shape index (κ3) is 4.50. The number of piperazine rings is 1. The Hall–Kier alpha value is -3.21. The van der Waals surface area contributed by atoms with Crippen molar-refractivity contribution in [1.82, 2.24) is 19.9 Å². The van der Waals surface area contributed by atoms with Gasteiger partial charge in [0.25, 0.3) is 0 Å². The average molecular weight is 366 g/mol. The largest absolute Gasteiger partial charge is 0.444 e. The van der Waals surface area contributed by atoms with Gasteiger partial charge in [0.15, 0.2) is 0 Å². The van der Waals surface area contributed by atoms with Gasteiger partial charge in [-0.15, -0.1) is 0 Å². The van der Waals surface area contributed by atoms with Gasteiger partial charge in [-0.3, -0.25) is 9.97 Å². The van der Waals surface area contributed by atoms with Crippen LogP contribution in [0.15, 0.2) is 30.7 Å². The highest BCUT2D eigenvalue weighted by Gasteiger charge is 2.27. The summed E-state index contributed by atoms with van der Waals surface area (Å²) in [4.78, 5) is 28.9. The third-order valence-corrected chi connectivity index (χ3v) is 4.05. The summed E-state index contributed by atoms with van der Waals surface area (Å²) in [7, 11) is 0. The molecule has 0 radical (unpaired) electrons. The first kappa shape index (κ1) is 18.6. The van der Waals surface area contributed by atoms with Crippen molar-refractivity contribution in [2.75, 3.05) is 31.1 Å². The number of hydrogen-bond donors (Lipinski definition) is 0. The number of carbonyl (C=O) groups excluding carboxylic acids is 1. The van der Waals surface area contributed by atoms with E-state index >= 15 is 0 Å². The molecule has 3 rings (SSSR count). The second kappa shape index (κ2) is 7.58. The number of nitrogens with zero attached hydrogens (tertiary/aromatic N) is 6. The Balaban J connectivity index is 1.76. The molecule has 3 heterocycles. The standard InChI is InChI=1S/C19H22N6O2/c1-19(2,3)27-18(26)25-10-8-24(9-11-25)17-14(12-20)4-5-15(23-17)16-13-21-6-7-22-16/h4-7,13H,8-11H2,1-3H3. The number of anilines is 1. The molecule has 1 aliphatic rings. The molecule has 8 heteroatoms. The summed E-state index contributed by atoms with van der Waals surface area (Å²) < 4.78 is 5.43. The molecule has 0 spiro atoms. The molecule has 27 heavy (non-hydrogen) atoms. The van der Waals surface area contributed by atoms with Gasteiger partial charge in [-0.05, 0) is 32.9 Å². The van der Waals surface area contributed by atoms with Crippen molar-refractivity contribution in [2.45, 2.75) is 26.4 Å². The Morgan fingerprint density at radius 1 is 1.15 bits per heavy atom. The number of pyridine rings is 1. The van der Waals surface area contributed by atoms with E-state index < -0.39 is 5.60 Å². The number of aromatic nitrogens is 3. The normalized spacial score (nSPS) is 14.6. The van der Waals surface area contributed by atoms with Crippen LogP contribution in [0.2, 0.25) is 0 Å².